The molecule has 1 aromatic rings. The first-order valence-electron chi connectivity index (χ1n) is 11.2. The van der Waals surface area contributed by atoms with Gasteiger partial charge >= 0.3 is 0 Å². The third-order valence-electron chi connectivity index (χ3n) is 6.03. The molecule has 7 nitrogen and oxygen atoms in total. The van der Waals surface area contributed by atoms with Crippen LogP contribution in [-0.2, 0) is 11.3 Å². The van der Waals surface area contributed by atoms with E-state index >= 15 is 0 Å². The molecule has 0 bridgehead atoms. The lowest BCUT2D eigenvalue weighted by atomic mass is 10.0. The first-order valence-corrected chi connectivity index (χ1v) is 12.4. The lowest BCUT2D eigenvalue weighted by Gasteiger charge is -2.37. The molecular weight excluding hydrogens is 442 g/mol. The van der Waals surface area contributed by atoms with E-state index in [-0.39, 0.29) is 23.1 Å². The fraction of sp³-hybridized carbons (Fsp3) is 0.565. The van der Waals surface area contributed by atoms with Crippen molar-refractivity contribution in [2.24, 2.45) is 0 Å². The molecule has 0 spiro atoms. The maximum absolute atomic E-state index is 13.2. The smallest absolute Gasteiger partial charge is 0.270 e. The number of rotatable bonds is 6. The lowest BCUT2D eigenvalue weighted by molar-refractivity contribution is -0.123. The van der Waals surface area contributed by atoms with Gasteiger partial charge in [-0.2, -0.15) is 5.26 Å². The molecule has 1 amide bonds. The molecule has 2 aliphatic heterocycles. The maximum atomic E-state index is 13.2. The van der Waals surface area contributed by atoms with Crippen LogP contribution >= 0.6 is 24.0 Å². The van der Waals surface area contributed by atoms with Gasteiger partial charge < -0.3 is 9.80 Å². The predicted octanol–water partition coefficient (Wildman–Crippen LogP) is 3.19. The van der Waals surface area contributed by atoms with Gasteiger partial charge in [-0.15, -0.1) is 0 Å². The third kappa shape index (κ3) is 4.49. The monoisotopic (exact) mass is 473 g/mol. The zero-order chi connectivity index (χ0) is 23.6. The summed E-state index contributed by atoms with van der Waals surface area (Å²) in [5.74, 6) is 0.682. The molecule has 0 aromatic carbocycles. The molecule has 2 fully saturated rings. The zero-order valence-corrected chi connectivity index (χ0v) is 21.1. The Balaban J connectivity index is 2.21. The van der Waals surface area contributed by atoms with E-state index in [1.807, 2.05) is 26.8 Å². The van der Waals surface area contributed by atoms with E-state index in [9.17, 15) is 14.9 Å². The molecule has 172 valence electrons. The summed E-state index contributed by atoms with van der Waals surface area (Å²) in [5.41, 5.74) is 1.27. The van der Waals surface area contributed by atoms with E-state index in [4.69, 9.17) is 12.2 Å². The largest absolute Gasteiger partial charge is 0.355 e. The van der Waals surface area contributed by atoms with E-state index in [2.05, 4.69) is 22.8 Å². The minimum atomic E-state index is -0.258. The maximum Gasteiger partial charge on any atom is 0.270 e. The summed E-state index contributed by atoms with van der Waals surface area (Å²) in [6, 6.07) is 2.08. The number of hydrogen-bond acceptors (Lipinski definition) is 7. The first kappa shape index (κ1) is 24.5. The highest BCUT2D eigenvalue weighted by molar-refractivity contribution is 8.26. The summed E-state index contributed by atoms with van der Waals surface area (Å²) in [6.07, 6.45) is 2.61. The third-order valence-corrected chi connectivity index (χ3v) is 7.36. The van der Waals surface area contributed by atoms with E-state index in [0.717, 1.165) is 50.5 Å². The van der Waals surface area contributed by atoms with E-state index in [1.54, 1.807) is 16.4 Å². The lowest BCUT2D eigenvalue weighted by Crippen LogP contribution is -2.48. The summed E-state index contributed by atoms with van der Waals surface area (Å²) in [4.78, 5) is 33.1. The topological polar surface area (TPSA) is 72.6 Å². The Kier molecular flexibility index (Phi) is 7.80. The van der Waals surface area contributed by atoms with Crippen LogP contribution in [0.15, 0.2) is 9.70 Å². The highest BCUT2D eigenvalue weighted by atomic mass is 32.2. The van der Waals surface area contributed by atoms with Crippen LogP contribution in [0.2, 0.25) is 0 Å². The van der Waals surface area contributed by atoms with Gasteiger partial charge in [-0.3, -0.25) is 19.1 Å². The van der Waals surface area contributed by atoms with Crippen molar-refractivity contribution in [3.05, 3.63) is 31.9 Å². The van der Waals surface area contributed by atoms with Crippen LogP contribution in [-0.4, -0.2) is 63.4 Å². The van der Waals surface area contributed by atoms with Gasteiger partial charge in [0.05, 0.1) is 4.91 Å². The Bertz CT molecular complexity index is 1050. The number of piperazine rings is 1. The van der Waals surface area contributed by atoms with Crippen molar-refractivity contribution in [2.75, 3.05) is 37.6 Å². The standard InChI is InChI=1S/C23H31N5O2S2/c1-6-8-27-20(26-11-9-25(7-2)10-12-26)17(16(5)18(14-24)21(27)29)13-19-22(30)28(15(3)4)23(31)32-19/h13,15H,6-12H2,1-5H3/b19-13-. The number of anilines is 1. The van der Waals surface area contributed by atoms with Gasteiger partial charge in [-0.05, 0) is 45.4 Å². The molecular formula is C23H31N5O2S2. The van der Waals surface area contributed by atoms with Gasteiger partial charge in [0.2, 0.25) is 0 Å². The molecule has 0 aliphatic carbocycles. The van der Waals surface area contributed by atoms with Crippen molar-refractivity contribution in [3.8, 4) is 6.07 Å². The molecule has 0 radical (unpaired) electrons. The number of pyridine rings is 1. The van der Waals surface area contributed by atoms with Crippen molar-refractivity contribution in [3.63, 3.8) is 0 Å². The second kappa shape index (κ2) is 10.2. The Morgan fingerprint density at radius 1 is 1.19 bits per heavy atom. The molecule has 3 rings (SSSR count). The molecule has 2 saturated heterocycles. The molecule has 0 N–H and O–H groups in total. The van der Waals surface area contributed by atoms with Gasteiger partial charge in [-0.25, -0.2) is 0 Å². The van der Waals surface area contributed by atoms with Gasteiger partial charge in [-0.1, -0.05) is 37.8 Å². The number of nitriles is 1. The number of likely N-dealkylation sites (N-methyl/N-ethyl adjacent to an activating group) is 1. The number of thioether (sulfide) groups is 1. The predicted molar refractivity (Wildman–Crippen MR) is 135 cm³/mol. The van der Waals surface area contributed by atoms with Gasteiger partial charge in [0, 0.05) is 44.3 Å². The van der Waals surface area contributed by atoms with Crippen LogP contribution < -0.4 is 10.5 Å². The molecule has 32 heavy (non-hydrogen) atoms. The Labute approximate surface area is 199 Å². The summed E-state index contributed by atoms with van der Waals surface area (Å²) in [5, 5.41) is 9.75. The van der Waals surface area contributed by atoms with Crippen LogP contribution in [0.3, 0.4) is 0 Å². The molecule has 0 saturated carbocycles. The quantitative estimate of drug-likeness (QED) is 0.464. The van der Waals surface area contributed by atoms with E-state index in [1.165, 1.54) is 11.8 Å². The number of thiocarbonyl (C=S) groups is 1. The van der Waals surface area contributed by atoms with E-state index in [0.29, 0.717) is 21.3 Å². The van der Waals surface area contributed by atoms with Crippen LogP contribution in [0.4, 0.5) is 5.82 Å². The zero-order valence-electron chi connectivity index (χ0n) is 19.5. The minimum Gasteiger partial charge on any atom is -0.355 e. The van der Waals surface area contributed by atoms with E-state index < -0.39 is 0 Å². The summed E-state index contributed by atoms with van der Waals surface area (Å²) in [6.45, 7) is 14.7. The normalized spacial score (nSPS) is 18.8. The number of nitrogens with zero attached hydrogens (tertiary/aromatic N) is 5. The highest BCUT2D eigenvalue weighted by Crippen LogP contribution is 2.37. The number of amides is 1. The second-order valence-electron chi connectivity index (χ2n) is 8.37. The molecule has 3 heterocycles. The van der Waals surface area contributed by atoms with Crippen molar-refractivity contribution in [2.45, 2.75) is 53.6 Å². The van der Waals surface area contributed by atoms with Crippen molar-refractivity contribution in [1.82, 2.24) is 14.4 Å². The Hall–Kier alpha value is -2.15. The first-order chi connectivity index (χ1) is 15.2. The van der Waals surface area contributed by atoms with Crippen LogP contribution in [0.1, 0.15) is 50.8 Å². The summed E-state index contributed by atoms with van der Waals surface area (Å²) >= 11 is 6.73. The molecule has 2 aliphatic rings. The summed E-state index contributed by atoms with van der Waals surface area (Å²) in [7, 11) is 0. The fourth-order valence-corrected chi connectivity index (χ4v) is 5.75. The SMILES string of the molecule is CCCn1c(N2CCN(CC)CC2)c(/C=C2\SC(=S)N(C(C)C)C2=O)c(C)c(C#N)c1=O. The molecule has 9 heteroatoms. The number of carbonyl (C=O) groups is 1. The molecule has 0 atom stereocenters. The van der Waals surface area contributed by atoms with Crippen LogP contribution in [0.5, 0.6) is 0 Å². The van der Waals surface area contributed by atoms with Crippen LogP contribution in [0.25, 0.3) is 6.08 Å². The number of hydrogen-bond donors (Lipinski definition) is 0. The van der Waals surface area contributed by atoms with Crippen molar-refractivity contribution >= 4 is 46.1 Å². The molecule has 0 unspecified atom stereocenters. The van der Waals surface area contributed by atoms with Crippen molar-refractivity contribution in [1.29, 1.82) is 5.26 Å². The van der Waals surface area contributed by atoms with Crippen molar-refractivity contribution < 1.29 is 4.79 Å². The van der Waals surface area contributed by atoms with Gasteiger partial charge in [0.15, 0.2) is 0 Å². The Morgan fingerprint density at radius 2 is 1.84 bits per heavy atom. The second-order valence-corrected chi connectivity index (χ2v) is 10.0. The van der Waals surface area contributed by atoms with Gasteiger partial charge in [0.25, 0.3) is 11.5 Å². The average molecular weight is 474 g/mol. The number of aromatic nitrogens is 1. The van der Waals surface area contributed by atoms with Crippen LogP contribution in [0, 0.1) is 18.3 Å². The van der Waals surface area contributed by atoms with Gasteiger partial charge in [0.1, 0.15) is 21.8 Å². The Morgan fingerprint density at radius 3 is 2.34 bits per heavy atom. The highest BCUT2D eigenvalue weighted by Gasteiger charge is 2.35. The minimum absolute atomic E-state index is 0.0280. The summed E-state index contributed by atoms with van der Waals surface area (Å²) < 4.78 is 2.26. The molecule has 1 aromatic heterocycles. The number of carbonyl (C=O) groups excluding carboxylic acids is 1. The fourth-order valence-electron chi connectivity index (χ4n) is 4.25. The average Bonchev–Trinajstić information content (AvgIpc) is 3.05.